The molecule has 4 unspecified atom stereocenters. The van der Waals surface area contributed by atoms with E-state index in [-0.39, 0.29) is 0 Å². The first kappa shape index (κ1) is 19.9. The summed E-state index contributed by atoms with van der Waals surface area (Å²) in [5.74, 6) is 1.05. The van der Waals surface area contributed by atoms with Crippen molar-refractivity contribution < 1.29 is 0 Å². The lowest BCUT2D eigenvalue weighted by Gasteiger charge is -2.14. The van der Waals surface area contributed by atoms with Gasteiger partial charge in [-0.3, -0.25) is 4.98 Å². The van der Waals surface area contributed by atoms with Crippen LogP contribution in [0.5, 0.6) is 0 Å². The Morgan fingerprint density at radius 1 is 1.21 bits per heavy atom. The van der Waals surface area contributed by atoms with Gasteiger partial charge in [0.15, 0.2) is 0 Å². The Kier molecular flexibility index (Phi) is 5.33. The highest BCUT2D eigenvalue weighted by Gasteiger charge is 2.48. The van der Waals surface area contributed by atoms with E-state index in [4.69, 9.17) is 0 Å². The molecule has 2 aromatic heterocycles. The first-order chi connectivity index (χ1) is 14.0. The van der Waals surface area contributed by atoms with Gasteiger partial charge >= 0.3 is 0 Å². The molecule has 1 saturated carbocycles. The molecule has 3 N–H and O–H groups in total. The number of aromatic nitrogens is 2. The van der Waals surface area contributed by atoms with Crippen molar-refractivity contribution in [3.05, 3.63) is 65.6 Å². The fraction of sp³-hybridized carbons (Fsp3) is 0.292. The molecule has 0 bridgehead atoms. The Morgan fingerprint density at radius 3 is 2.66 bits per heavy atom. The van der Waals surface area contributed by atoms with Crippen LogP contribution in [0.3, 0.4) is 0 Å². The van der Waals surface area contributed by atoms with E-state index in [9.17, 15) is 0 Å². The molecule has 0 saturated heterocycles. The second kappa shape index (κ2) is 7.78. The minimum Gasteiger partial charge on any atom is -0.356 e. The maximum absolute atomic E-state index is 4.28. The number of aryl methyl sites for hydroxylation is 2. The number of pyridine rings is 1. The summed E-state index contributed by atoms with van der Waals surface area (Å²) in [6.45, 7) is 10.7. The molecular formula is C24H29N4P. The standard InChI is InChI=1S/C24H29N4P/c1-6-16-21(19-15(4)20(19)25-5)28-23(17-10-11-26-12-14(17)3)22(16)27-18-9-7-8-13(2)24(18)29/h6-12,15,19-20,25,27-28H,1,29H2,2-5H3. The highest BCUT2D eigenvalue weighted by molar-refractivity contribution is 7.28. The van der Waals surface area contributed by atoms with Gasteiger partial charge in [-0.15, -0.1) is 9.24 Å². The summed E-state index contributed by atoms with van der Waals surface area (Å²) in [4.78, 5) is 8.04. The first-order valence-electron chi connectivity index (χ1n) is 10.1. The smallest absolute Gasteiger partial charge is 0.0721 e. The van der Waals surface area contributed by atoms with Crippen molar-refractivity contribution in [1.29, 1.82) is 0 Å². The number of rotatable bonds is 6. The van der Waals surface area contributed by atoms with Gasteiger partial charge in [0, 0.05) is 46.9 Å². The largest absolute Gasteiger partial charge is 0.356 e. The Hall–Kier alpha value is -2.42. The van der Waals surface area contributed by atoms with Crippen molar-refractivity contribution >= 4 is 32.0 Å². The van der Waals surface area contributed by atoms with Crippen LogP contribution in [0.1, 0.15) is 35.2 Å². The Labute approximate surface area is 175 Å². The van der Waals surface area contributed by atoms with Gasteiger partial charge in [0.25, 0.3) is 0 Å². The molecule has 29 heavy (non-hydrogen) atoms. The molecule has 4 nitrogen and oxygen atoms in total. The summed E-state index contributed by atoms with van der Waals surface area (Å²) >= 11 is 0. The molecule has 1 aliphatic carbocycles. The van der Waals surface area contributed by atoms with Crippen molar-refractivity contribution in [2.45, 2.75) is 32.7 Å². The second-order valence-corrected chi connectivity index (χ2v) is 8.53. The predicted molar refractivity (Wildman–Crippen MR) is 127 cm³/mol. The maximum Gasteiger partial charge on any atom is 0.0721 e. The molecule has 5 heteroatoms. The molecule has 4 atom stereocenters. The van der Waals surface area contributed by atoms with E-state index in [1.165, 1.54) is 16.6 Å². The minimum atomic E-state index is 0.456. The van der Waals surface area contributed by atoms with E-state index < -0.39 is 0 Å². The maximum atomic E-state index is 4.28. The summed E-state index contributed by atoms with van der Waals surface area (Å²) in [7, 11) is 4.90. The van der Waals surface area contributed by atoms with Crippen LogP contribution in [0.4, 0.5) is 11.4 Å². The second-order valence-electron chi connectivity index (χ2n) is 7.96. The quantitative estimate of drug-likeness (QED) is 0.512. The van der Waals surface area contributed by atoms with Crippen molar-refractivity contribution in [2.24, 2.45) is 5.92 Å². The number of aromatic amines is 1. The normalized spacial score (nSPS) is 20.5. The van der Waals surface area contributed by atoms with E-state index >= 15 is 0 Å². The van der Waals surface area contributed by atoms with Gasteiger partial charge in [0.2, 0.25) is 0 Å². The number of hydrogen-bond donors (Lipinski definition) is 3. The number of hydrogen-bond acceptors (Lipinski definition) is 3. The Morgan fingerprint density at radius 2 is 2.00 bits per heavy atom. The molecule has 150 valence electrons. The zero-order valence-electron chi connectivity index (χ0n) is 17.5. The highest BCUT2D eigenvalue weighted by Crippen LogP contribution is 2.51. The fourth-order valence-corrected chi connectivity index (χ4v) is 4.63. The number of likely N-dealkylation sites (N-methyl/N-ethyl adjacent to an activating group) is 1. The fourth-order valence-electron chi connectivity index (χ4n) is 4.37. The number of nitrogens with zero attached hydrogens (tertiary/aromatic N) is 1. The van der Waals surface area contributed by atoms with E-state index in [0.29, 0.717) is 17.9 Å². The van der Waals surface area contributed by atoms with E-state index in [1.54, 1.807) is 0 Å². The van der Waals surface area contributed by atoms with Gasteiger partial charge in [-0.25, -0.2) is 0 Å². The lowest BCUT2D eigenvalue weighted by atomic mass is 10.0. The molecule has 0 amide bonds. The van der Waals surface area contributed by atoms with Crippen LogP contribution >= 0.6 is 9.24 Å². The topological polar surface area (TPSA) is 52.7 Å². The average molecular weight is 404 g/mol. The van der Waals surface area contributed by atoms with Crippen LogP contribution in [-0.4, -0.2) is 23.1 Å². The van der Waals surface area contributed by atoms with Gasteiger partial charge in [0.1, 0.15) is 0 Å². The summed E-state index contributed by atoms with van der Waals surface area (Å²) < 4.78 is 0. The highest BCUT2D eigenvalue weighted by atomic mass is 31.0. The third-order valence-corrected chi connectivity index (χ3v) is 6.96. The van der Waals surface area contributed by atoms with Crippen LogP contribution in [0.25, 0.3) is 17.3 Å². The van der Waals surface area contributed by atoms with E-state index in [0.717, 1.165) is 33.8 Å². The van der Waals surface area contributed by atoms with Gasteiger partial charge < -0.3 is 15.6 Å². The molecular weight excluding hydrogens is 375 g/mol. The Balaban J connectivity index is 1.90. The summed E-state index contributed by atoms with van der Waals surface area (Å²) in [6.07, 6.45) is 5.74. The lowest BCUT2D eigenvalue weighted by Crippen LogP contribution is -2.11. The third kappa shape index (κ3) is 3.41. The van der Waals surface area contributed by atoms with Crippen molar-refractivity contribution in [1.82, 2.24) is 15.3 Å². The van der Waals surface area contributed by atoms with Crippen LogP contribution < -0.4 is 15.9 Å². The minimum absolute atomic E-state index is 0.456. The molecule has 4 rings (SSSR count). The molecule has 2 heterocycles. The van der Waals surface area contributed by atoms with Crippen molar-refractivity contribution in [3.63, 3.8) is 0 Å². The van der Waals surface area contributed by atoms with Gasteiger partial charge in [-0.05, 0) is 55.4 Å². The van der Waals surface area contributed by atoms with Gasteiger partial charge in [-0.1, -0.05) is 31.7 Å². The SMILES string of the molecule is C=Cc1c(C2C(C)C2NC)[nH]c(-c2ccncc2C)c1Nc1cccc(C)c1P. The molecule has 1 aliphatic rings. The first-order valence-corrected chi connectivity index (χ1v) is 10.6. The molecule has 0 radical (unpaired) electrons. The lowest BCUT2D eigenvalue weighted by molar-refractivity contribution is 0.743. The molecule has 1 aromatic carbocycles. The zero-order chi connectivity index (χ0) is 20.7. The Bertz CT molecular complexity index is 1070. The van der Waals surface area contributed by atoms with Crippen LogP contribution in [-0.2, 0) is 0 Å². The molecule has 3 aromatic rings. The average Bonchev–Trinajstić information content (AvgIpc) is 3.23. The predicted octanol–water partition coefficient (Wildman–Crippen LogP) is 4.90. The molecule has 0 spiro atoms. The number of anilines is 2. The summed E-state index contributed by atoms with van der Waals surface area (Å²) in [5, 5.41) is 8.34. The summed E-state index contributed by atoms with van der Waals surface area (Å²) in [6, 6.07) is 8.90. The van der Waals surface area contributed by atoms with Crippen LogP contribution in [0.15, 0.2) is 43.2 Å². The van der Waals surface area contributed by atoms with Crippen LogP contribution in [0.2, 0.25) is 0 Å². The number of benzene rings is 1. The monoisotopic (exact) mass is 404 g/mol. The molecule has 1 fully saturated rings. The third-order valence-electron chi connectivity index (χ3n) is 6.19. The zero-order valence-corrected chi connectivity index (χ0v) is 18.7. The van der Waals surface area contributed by atoms with Gasteiger partial charge in [0.05, 0.1) is 11.4 Å². The summed E-state index contributed by atoms with van der Waals surface area (Å²) in [5.41, 5.74) is 9.19. The van der Waals surface area contributed by atoms with Crippen LogP contribution in [0, 0.1) is 19.8 Å². The van der Waals surface area contributed by atoms with Gasteiger partial charge in [-0.2, -0.15) is 0 Å². The van der Waals surface area contributed by atoms with E-state index in [1.807, 2.05) is 25.5 Å². The number of nitrogens with one attached hydrogen (secondary N) is 3. The molecule has 0 aliphatic heterocycles. The number of H-pyrrole nitrogens is 1. The van der Waals surface area contributed by atoms with E-state index in [2.05, 4.69) is 81.5 Å². The van der Waals surface area contributed by atoms with Crippen molar-refractivity contribution in [2.75, 3.05) is 12.4 Å². The van der Waals surface area contributed by atoms with Crippen molar-refractivity contribution in [3.8, 4) is 11.3 Å².